The third-order valence-electron chi connectivity index (χ3n) is 1.57. The van der Waals surface area contributed by atoms with Crippen LogP contribution in [0.1, 0.15) is 0 Å². The van der Waals surface area contributed by atoms with Crippen LogP contribution in [0.5, 0.6) is 5.75 Å². The van der Waals surface area contributed by atoms with E-state index in [4.69, 9.17) is 0 Å². The van der Waals surface area contributed by atoms with Crippen LogP contribution in [-0.2, 0) is 0 Å². The van der Waals surface area contributed by atoms with E-state index in [0.29, 0.717) is 0 Å². The monoisotopic (exact) mass is 144 g/mol. The second kappa shape index (κ2) is 2.23. The Morgan fingerprint density at radius 2 is 2.09 bits per heavy atom. The third-order valence-corrected chi connectivity index (χ3v) is 1.57. The zero-order valence-corrected chi connectivity index (χ0v) is 5.78. The van der Waals surface area contributed by atoms with Crippen molar-refractivity contribution in [1.29, 1.82) is 0 Å². The maximum absolute atomic E-state index is 9.30. The van der Waals surface area contributed by atoms with Crippen LogP contribution < -0.4 is 0 Å². The van der Waals surface area contributed by atoms with Gasteiger partial charge in [0.2, 0.25) is 0 Å². The smallest absolute Gasteiger partial charge is 0.127 e. The van der Waals surface area contributed by atoms with Crippen molar-refractivity contribution in [2.75, 3.05) is 0 Å². The summed E-state index contributed by atoms with van der Waals surface area (Å²) in [4.78, 5) is 3.96. The highest BCUT2D eigenvalue weighted by Crippen LogP contribution is 2.20. The molecule has 0 bridgehead atoms. The lowest BCUT2D eigenvalue weighted by Gasteiger charge is -1.96. The summed E-state index contributed by atoms with van der Waals surface area (Å²) in [6.07, 6.45) is 2.60. The van der Waals surface area contributed by atoms with Crippen molar-refractivity contribution in [3.63, 3.8) is 0 Å². The number of nitrogens with zero attached hydrogens (tertiary/aromatic N) is 1. The summed E-state index contributed by atoms with van der Waals surface area (Å²) >= 11 is 0. The molecule has 1 heterocycles. The summed E-state index contributed by atoms with van der Waals surface area (Å²) in [7, 11) is 0. The van der Waals surface area contributed by atoms with Crippen LogP contribution in [0.3, 0.4) is 0 Å². The predicted molar refractivity (Wildman–Crippen MR) is 42.2 cm³/mol. The summed E-state index contributed by atoms with van der Waals surface area (Å²) in [5, 5.41) is 10.1. The zero-order valence-electron chi connectivity index (χ0n) is 5.78. The summed E-state index contributed by atoms with van der Waals surface area (Å²) in [5.41, 5.74) is 0.771. The average Bonchev–Trinajstić information content (AvgIpc) is 2.06. The first-order valence-electron chi connectivity index (χ1n) is 3.33. The standard InChI is InChI=1S/C9H6NO/c11-9-5-6-10-8-4-2-1-3-7(8)9/h1-5H,(H,10,11). The van der Waals surface area contributed by atoms with E-state index in [1.165, 1.54) is 6.07 Å². The Balaban J connectivity index is 2.91. The first-order chi connectivity index (χ1) is 5.38. The molecule has 0 aliphatic heterocycles. The van der Waals surface area contributed by atoms with Crippen LogP contribution in [0, 0.1) is 6.20 Å². The summed E-state index contributed by atoms with van der Waals surface area (Å²) in [6.45, 7) is 0. The Labute approximate surface area is 64.1 Å². The number of fused-ring (bicyclic) bond motifs is 1. The summed E-state index contributed by atoms with van der Waals surface area (Å²) in [5.74, 6) is 0.232. The van der Waals surface area contributed by atoms with Gasteiger partial charge in [0.05, 0.1) is 11.7 Å². The molecule has 2 heteroatoms. The summed E-state index contributed by atoms with van der Waals surface area (Å²) < 4.78 is 0. The van der Waals surface area contributed by atoms with Crippen molar-refractivity contribution < 1.29 is 5.11 Å². The van der Waals surface area contributed by atoms with Crippen LogP contribution in [0.2, 0.25) is 0 Å². The Hall–Kier alpha value is -1.57. The lowest BCUT2D eigenvalue weighted by molar-refractivity contribution is 0.481. The van der Waals surface area contributed by atoms with Gasteiger partial charge in [0, 0.05) is 11.5 Å². The number of hydrogen-bond acceptors (Lipinski definition) is 2. The van der Waals surface area contributed by atoms with Crippen LogP contribution >= 0.6 is 0 Å². The van der Waals surface area contributed by atoms with E-state index in [-0.39, 0.29) is 5.75 Å². The number of hydrogen-bond donors (Lipinski definition) is 1. The van der Waals surface area contributed by atoms with Crippen LogP contribution in [-0.4, -0.2) is 10.1 Å². The quantitative estimate of drug-likeness (QED) is 0.611. The van der Waals surface area contributed by atoms with Gasteiger partial charge >= 0.3 is 0 Å². The fourth-order valence-corrected chi connectivity index (χ4v) is 1.03. The van der Waals surface area contributed by atoms with Crippen molar-refractivity contribution in [3.8, 4) is 5.75 Å². The van der Waals surface area contributed by atoms with E-state index in [0.717, 1.165) is 10.9 Å². The summed E-state index contributed by atoms with van der Waals surface area (Å²) in [6, 6.07) is 8.87. The van der Waals surface area contributed by atoms with Gasteiger partial charge in [-0.2, -0.15) is 0 Å². The van der Waals surface area contributed by atoms with Gasteiger partial charge in [-0.3, -0.25) is 0 Å². The van der Waals surface area contributed by atoms with Crippen LogP contribution in [0.4, 0.5) is 0 Å². The van der Waals surface area contributed by atoms with Crippen LogP contribution in [0.25, 0.3) is 10.9 Å². The Morgan fingerprint density at radius 1 is 1.27 bits per heavy atom. The highest BCUT2D eigenvalue weighted by molar-refractivity contribution is 5.83. The molecule has 0 fully saturated rings. The van der Waals surface area contributed by atoms with E-state index in [1.54, 1.807) is 0 Å². The number of aromatic nitrogens is 1. The molecule has 2 rings (SSSR count). The third kappa shape index (κ3) is 0.923. The molecule has 0 atom stereocenters. The minimum atomic E-state index is 0.232. The molecule has 2 nitrogen and oxygen atoms in total. The highest BCUT2D eigenvalue weighted by Gasteiger charge is 1.96. The molecule has 0 aliphatic rings. The van der Waals surface area contributed by atoms with E-state index in [2.05, 4.69) is 11.2 Å². The topological polar surface area (TPSA) is 33.1 Å². The van der Waals surface area contributed by atoms with Gasteiger partial charge in [-0.05, 0) is 12.1 Å². The van der Waals surface area contributed by atoms with Crippen molar-refractivity contribution in [3.05, 3.63) is 36.5 Å². The van der Waals surface area contributed by atoms with E-state index in [9.17, 15) is 5.11 Å². The molecule has 0 saturated heterocycles. The Bertz CT molecular complexity index is 379. The Kier molecular flexibility index (Phi) is 1.25. The van der Waals surface area contributed by atoms with Crippen molar-refractivity contribution in [2.24, 2.45) is 0 Å². The van der Waals surface area contributed by atoms with Crippen molar-refractivity contribution in [1.82, 2.24) is 4.98 Å². The number of rotatable bonds is 0. The molecule has 0 amide bonds. The maximum atomic E-state index is 9.30. The average molecular weight is 144 g/mol. The molecule has 0 spiro atoms. The molecular weight excluding hydrogens is 138 g/mol. The first kappa shape index (κ1) is 6.16. The molecule has 0 saturated carbocycles. The number of aromatic hydroxyl groups is 1. The minimum Gasteiger partial charge on any atom is -0.507 e. The second-order valence-electron chi connectivity index (χ2n) is 2.29. The normalized spacial score (nSPS) is 10.2. The zero-order chi connectivity index (χ0) is 7.68. The number of para-hydroxylation sites is 1. The van der Waals surface area contributed by atoms with E-state index >= 15 is 0 Å². The fraction of sp³-hybridized carbons (Fsp3) is 0. The van der Waals surface area contributed by atoms with E-state index in [1.807, 2.05) is 24.3 Å². The second-order valence-corrected chi connectivity index (χ2v) is 2.29. The highest BCUT2D eigenvalue weighted by atomic mass is 16.3. The van der Waals surface area contributed by atoms with Gasteiger partial charge in [0.1, 0.15) is 5.75 Å². The molecule has 1 aromatic carbocycles. The molecule has 53 valence electrons. The van der Waals surface area contributed by atoms with Gasteiger partial charge < -0.3 is 5.11 Å². The molecule has 0 aliphatic carbocycles. The lowest BCUT2D eigenvalue weighted by Crippen LogP contribution is -1.76. The number of pyridine rings is 1. The largest absolute Gasteiger partial charge is 0.507 e. The molecular formula is C9H6NO. The molecule has 1 aromatic heterocycles. The SMILES string of the molecule is Oc1c[c]nc2ccccc12. The van der Waals surface area contributed by atoms with E-state index < -0.39 is 0 Å². The van der Waals surface area contributed by atoms with Crippen LogP contribution in [0.15, 0.2) is 30.3 Å². The molecule has 0 unspecified atom stereocenters. The lowest BCUT2D eigenvalue weighted by atomic mass is 10.2. The molecule has 1 N–H and O–H groups in total. The van der Waals surface area contributed by atoms with Gasteiger partial charge in [-0.25, -0.2) is 4.98 Å². The van der Waals surface area contributed by atoms with Crippen molar-refractivity contribution in [2.45, 2.75) is 0 Å². The van der Waals surface area contributed by atoms with Gasteiger partial charge in [-0.1, -0.05) is 12.1 Å². The molecule has 11 heavy (non-hydrogen) atoms. The van der Waals surface area contributed by atoms with Gasteiger partial charge in [0.15, 0.2) is 0 Å². The van der Waals surface area contributed by atoms with Gasteiger partial charge in [-0.15, -0.1) is 0 Å². The minimum absolute atomic E-state index is 0.232. The Morgan fingerprint density at radius 3 is 2.91 bits per heavy atom. The number of benzene rings is 1. The first-order valence-corrected chi connectivity index (χ1v) is 3.33. The molecule has 1 radical (unpaired) electrons. The maximum Gasteiger partial charge on any atom is 0.127 e. The predicted octanol–water partition coefficient (Wildman–Crippen LogP) is 1.74. The molecule has 2 aromatic rings. The fourth-order valence-electron chi connectivity index (χ4n) is 1.03. The van der Waals surface area contributed by atoms with Gasteiger partial charge in [0.25, 0.3) is 0 Å². The van der Waals surface area contributed by atoms with Crippen molar-refractivity contribution >= 4 is 10.9 Å².